The summed E-state index contributed by atoms with van der Waals surface area (Å²) < 4.78 is 5.05. The molecule has 0 spiro atoms. The quantitative estimate of drug-likeness (QED) is 0.417. The van der Waals surface area contributed by atoms with Crippen molar-refractivity contribution in [2.24, 2.45) is 5.92 Å². The first-order valence-corrected chi connectivity index (χ1v) is 12.1. The Kier molecular flexibility index (Phi) is 10.9. The summed E-state index contributed by atoms with van der Waals surface area (Å²) in [6.45, 7) is 12.8. The van der Waals surface area contributed by atoms with E-state index in [4.69, 9.17) is 15.6 Å². The van der Waals surface area contributed by atoms with E-state index >= 15 is 0 Å². The third kappa shape index (κ3) is 8.72. The van der Waals surface area contributed by atoms with Crippen molar-refractivity contribution in [1.82, 2.24) is 14.9 Å². The van der Waals surface area contributed by atoms with E-state index in [1.54, 1.807) is 42.3 Å². The van der Waals surface area contributed by atoms with Gasteiger partial charge in [0, 0.05) is 26.4 Å². The Morgan fingerprint density at radius 2 is 2.03 bits per heavy atom. The number of aromatic nitrogens is 2. The molecule has 9 nitrogen and oxygen atoms in total. The number of anilines is 1. The largest absolute Gasteiger partial charge is 0.450 e. The molecule has 9 heteroatoms. The van der Waals surface area contributed by atoms with Gasteiger partial charge < -0.3 is 20.4 Å². The number of carbonyl (C=O) groups excluding carboxylic acids is 2. The maximum Gasteiger partial charge on any atom is 0.410 e. The van der Waals surface area contributed by atoms with Crippen molar-refractivity contribution in [1.29, 1.82) is 10.8 Å². The molecule has 0 aliphatic carbocycles. The van der Waals surface area contributed by atoms with Crippen molar-refractivity contribution >= 4 is 29.2 Å². The van der Waals surface area contributed by atoms with Crippen LogP contribution in [0.4, 0.5) is 10.6 Å². The molecule has 1 aliphatic heterocycles. The number of amides is 2. The third-order valence-electron chi connectivity index (χ3n) is 5.42. The molecule has 0 saturated heterocycles. The summed E-state index contributed by atoms with van der Waals surface area (Å²) in [5, 5.41) is 17.5. The molecule has 3 N–H and O–H groups in total. The number of rotatable bonds is 8. The number of nitrogens with one attached hydrogen (secondary N) is 3. The highest BCUT2D eigenvalue weighted by atomic mass is 16.6. The smallest absolute Gasteiger partial charge is 0.410 e. The van der Waals surface area contributed by atoms with Crippen LogP contribution in [0, 0.1) is 16.7 Å². The van der Waals surface area contributed by atoms with Gasteiger partial charge in [-0.25, -0.2) is 9.78 Å². The van der Waals surface area contributed by atoms with Crippen LogP contribution in [0.25, 0.3) is 0 Å². The third-order valence-corrected chi connectivity index (χ3v) is 5.42. The van der Waals surface area contributed by atoms with Crippen LogP contribution in [-0.4, -0.2) is 51.4 Å². The Labute approximate surface area is 214 Å². The van der Waals surface area contributed by atoms with Gasteiger partial charge in [0.2, 0.25) is 0 Å². The highest BCUT2D eigenvalue weighted by Crippen LogP contribution is 2.20. The summed E-state index contributed by atoms with van der Waals surface area (Å²) >= 11 is 0. The van der Waals surface area contributed by atoms with E-state index in [1.165, 1.54) is 6.08 Å². The lowest BCUT2D eigenvalue weighted by molar-refractivity contribution is 0.102. The molecular weight excluding hydrogens is 456 g/mol. The van der Waals surface area contributed by atoms with Crippen molar-refractivity contribution < 1.29 is 15.8 Å². The Balaban J connectivity index is 0.000000661. The first kappa shape index (κ1) is 28.4. The molecule has 0 atom stereocenters. The zero-order valence-corrected chi connectivity index (χ0v) is 21.6. The van der Waals surface area contributed by atoms with Gasteiger partial charge in [-0.1, -0.05) is 26.5 Å². The van der Waals surface area contributed by atoms with Crippen LogP contribution in [0.15, 0.2) is 43.1 Å². The molecule has 2 aromatic heterocycles. The second-order valence-electron chi connectivity index (χ2n) is 8.90. The van der Waals surface area contributed by atoms with Crippen LogP contribution < -0.4 is 5.32 Å². The van der Waals surface area contributed by atoms with E-state index in [9.17, 15) is 9.59 Å². The van der Waals surface area contributed by atoms with Crippen molar-refractivity contribution in [2.75, 3.05) is 18.5 Å². The first-order valence-electron chi connectivity index (χ1n) is 12.1. The molecule has 2 amide bonds. The Morgan fingerprint density at radius 1 is 1.28 bits per heavy atom. The predicted molar refractivity (Wildman–Crippen MR) is 144 cm³/mol. The fourth-order valence-electron chi connectivity index (χ4n) is 3.38. The number of nitrogens with zero attached hydrogens (tertiary/aromatic N) is 3. The van der Waals surface area contributed by atoms with E-state index in [1.807, 2.05) is 6.92 Å². The normalized spacial score (nSPS) is 12.1. The summed E-state index contributed by atoms with van der Waals surface area (Å²) in [7, 11) is 0. The number of hydrogen-bond donors (Lipinski definition) is 3. The zero-order chi connectivity index (χ0) is 26.7. The lowest BCUT2D eigenvalue weighted by Crippen LogP contribution is -2.36. The SMILES string of the molecule is C=CC(=N)c1cccc(NC(=O)c2cc3c(cn2)CCN(C(=O)OCC)C3)n1.CC(=N)CCC(C)C.[HH]. The molecule has 0 bridgehead atoms. The number of ether oxygens (including phenoxy) is 1. The molecule has 0 fully saturated rings. The summed E-state index contributed by atoms with van der Waals surface area (Å²) in [5.74, 6) is 0.655. The fourth-order valence-corrected chi connectivity index (χ4v) is 3.38. The molecule has 1 aliphatic rings. The summed E-state index contributed by atoms with van der Waals surface area (Å²) in [5.41, 5.74) is 3.50. The van der Waals surface area contributed by atoms with Gasteiger partial charge in [0.1, 0.15) is 11.5 Å². The highest BCUT2D eigenvalue weighted by molar-refractivity contribution is 6.06. The standard InChI is InChI=1S/C20H21N5O3.C7H15N.H2/c1-3-15(21)16-6-5-7-18(23-16)24-19(26)17-10-14-12-25(20(27)28-4-2)9-8-13(14)11-22-17;1-6(2)4-5-7(3)8;/h3,5-7,10-11,21H,1,4,8-9,12H2,2H3,(H,23,24,26);6,8H,4-5H2,1-3H3;1H. The van der Waals surface area contributed by atoms with Crippen LogP contribution in [0.3, 0.4) is 0 Å². The number of hydrogen-bond acceptors (Lipinski definition) is 7. The Morgan fingerprint density at radius 3 is 2.64 bits per heavy atom. The molecule has 0 aromatic carbocycles. The molecule has 2 aromatic rings. The van der Waals surface area contributed by atoms with Crippen molar-refractivity contribution in [2.45, 2.75) is 53.5 Å². The van der Waals surface area contributed by atoms with Gasteiger partial charge >= 0.3 is 6.09 Å². The van der Waals surface area contributed by atoms with Gasteiger partial charge in [-0.2, -0.15) is 0 Å². The number of allylic oxidation sites excluding steroid dienone is 1. The average Bonchev–Trinajstić information content (AvgIpc) is 2.87. The molecule has 194 valence electrons. The van der Waals surface area contributed by atoms with Crippen molar-refractivity contribution in [3.63, 3.8) is 0 Å². The molecule has 36 heavy (non-hydrogen) atoms. The lowest BCUT2D eigenvalue weighted by atomic mass is 10.0. The lowest BCUT2D eigenvalue weighted by Gasteiger charge is -2.27. The molecular formula is C27H38N6O3. The van der Waals surface area contributed by atoms with Crippen molar-refractivity contribution in [3.8, 4) is 0 Å². The molecule has 0 radical (unpaired) electrons. The van der Waals surface area contributed by atoms with Gasteiger partial charge in [0.05, 0.1) is 18.0 Å². The van der Waals surface area contributed by atoms with Crippen LogP contribution in [0.1, 0.15) is 69.3 Å². The topological polar surface area (TPSA) is 132 Å². The summed E-state index contributed by atoms with van der Waals surface area (Å²) in [4.78, 5) is 34.6. The predicted octanol–water partition coefficient (Wildman–Crippen LogP) is 5.51. The van der Waals surface area contributed by atoms with Gasteiger partial charge in [-0.15, -0.1) is 0 Å². The fraction of sp³-hybridized carbons (Fsp3) is 0.407. The Bertz CT molecular complexity index is 1120. The van der Waals surface area contributed by atoms with Gasteiger partial charge in [-0.05, 0) is 74.4 Å². The second kappa shape index (κ2) is 13.9. The maximum absolute atomic E-state index is 12.6. The molecule has 0 unspecified atom stereocenters. The molecule has 0 saturated carbocycles. The van der Waals surface area contributed by atoms with E-state index in [-0.39, 0.29) is 18.9 Å². The molecule has 3 heterocycles. The van der Waals surface area contributed by atoms with Crippen LogP contribution in [0.2, 0.25) is 0 Å². The van der Waals surface area contributed by atoms with E-state index < -0.39 is 5.91 Å². The first-order chi connectivity index (χ1) is 17.1. The van der Waals surface area contributed by atoms with Crippen LogP contribution >= 0.6 is 0 Å². The number of carbonyl (C=O) groups is 2. The van der Waals surface area contributed by atoms with Crippen LogP contribution in [-0.2, 0) is 17.7 Å². The summed E-state index contributed by atoms with van der Waals surface area (Å²) in [6.07, 6.45) is 5.49. The van der Waals surface area contributed by atoms with Gasteiger partial charge in [0.15, 0.2) is 0 Å². The Hall–Kier alpha value is -3.88. The van der Waals surface area contributed by atoms with Gasteiger partial charge in [-0.3, -0.25) is 15.2 Å². The van der Waals surface area contributed by atoms with E-state index in [2.05, 4.69) is 35.7 Å². The van der Waals surface area contributed by atoms with Crippen LogP contribution in [0.5, 0.6) is 0 Å². The van der Waals surface area contributed by atoms with E-state index in [0.29, 0.717) is 37.6 Å². The highest BCUT2D eigenvalue weighted by Gasteiger charge is 2.23. The number of fused-ring (bicyclic) bond motifs is 1. The minimum atomic E-state index is -0.411. The van der Waals surface area contributed by atoms with Crippen molar-refractivity contribution in [3.05, 3.63) is 65.6 Å². The van der Waals surface area contributed by atoms with Gasteiger partial charge in [0.25, 0.3) is 5.91 Å². The minimum Gasteiger partial charge on any atom is -0.450 e. The number of pyridine rings is 2. The molecule has 3 rings (SSSR count). The maximum atomic E-state index is 12.6. The minimum absolute atomic E-state index is 0. The average molecular weight is 495 g/mol. The zero-order valence-electron chi connectivity index (χ0n) is 21.6. The van der Waals surface area contributed by atoms with E-state index in [0.717, 1.165) is 35.6 Å². The second-order valence-corrected chi connectivity index (χ2v) is 8.90. The summed E-state index contributed by atoms with van der Waals surface area (Å²) in [6, 6.07) is 6.69. The monoisotopic (exact) mass is 494 g/mol.